The van der Waals surface area contributed by atoms with Crippen LogP contribution in [0.2, 0.25) is 0 Å². The Hall–Kier alpha value is 0.210. The zero-order valence-corrected chi connectivity index (χ0v) is 6.97. The third-order valence-electron chi connectivity index (χ3n) is 2.44. The predicted octanol–water partition coefficient (Wildman–Crippen LogP) is 0.381. The third kappa shape index (κ3) is 1.62. The van der Waals surface area contributed by atoms with E-state index in [0.29, 0.717) is 5.41 Å². The van der Waals surface area contributed by atoms with E-state index >= 15 is 0 Å². The topological polar surface area (TPSA) is 24.1 Å². The second-order valence-corrected chi connectivity index (χ2v) is 3.35. The first kappa shape index (κ1) is 8.31. The molecule has 1 heterocycles. The minimum absolute atomic E-state index is 0. The monoisotopic (exact) mass is 162 g/mol. The van der Waals surface area contributed by atoms with E-state index in [0.717, 1.165) is 13.1 Å². The average molecular weight is 163 g/mol. The Morgan fingerprint density at radius 1 is 0.900 bits per heavy atom. The van der Waals surface area contributed by atoms with Gasteiger partial charge in [-0.1, -0.05) is 0 Å². The zero-order valence-electron chi connectivity index (χ0n) is 6.15. The van der Waals surface area contributed by atoms with Crippen LogP contribution in [0.25, 0.3) is 0 Å². The van der Waals surface area contributed by atoms with E-state index in [1.165, 1.54) is 25.9 Å². The maximum absolute atomic E-state index is 3.44. The van der Waals surface area contributed by atoms with Gasteiger partial charge in [-0.3, -0.25) is 0 Å². The minimum atomic E-state index is 0. The number of hydrogen-bond acceptors (Lipinski definition) is 2. The first-order valence-electron chi connectivity index (χ1n) is 3.83. The van der Waals surface area contributed by atoms with Crippen LogP contribution >= 0.6 is 12.4 Å². The molecule has 0 bridgehead atoms. The highest BCUT2D eigenvalue weighted by Gasteiger charge is 2.42. The van der Waals surface area contributed by atoms with E-state index in [1.54, 1.807) is 0 Å². The maximum Gasteiger partial charge on any atom is 0.00769 e. The van der Waals surface area contributed by atoms with E-state index in [-0.39, 0.29) is 12.4 Å². The third-order valence-corrected chi connectivity index (χ3v) is 2.44. The Kier molecular flexibility index (Phi) is 2.55. The molecule has 0 atom stereocenters. The molecule has 2 nitrogen and oxygen atoms in total. The van der Waals surface area contributed by atoms with Crippen LogP contribution in [0, 0.1) is 5.41 Å². The van der Waals surface area contributed by atoms with E-state index in [2.05, 4.69) is 10.6 Å². The van der Waals surface area contributed by atoms with Crippen molar-refractivity contribution < 1.29 is 0 Å². The van der Waals surface area contributed by atoms with Crippen molar-refractivity contribution in [2.45, 2.75) is 12.8 Å². The van der Waals surface area contributed by atoms with Gasteiger partial charge < -0.3 is 10.6 Å². The molecule has 1 aliphatic carbocycles. The first-order valence-corrected chi connectivity index (χ1v) is 3.83. The van der Waals surface area contributed by atoms with Crippen molar-refractivity contribution in [2.24, 2.45) is 5.41 Å². The van der Waals surface area contributed by atoms with Crippen LogP contribution in [-0.2, 0) is 0 Å². The molecular weight excluding hydrogens is 148 g/mol. The lowest BCUT2D eigenvalue weighted by atomic mass is 10.1. The van der Waals surface area contributed by atoms with E-state index in [9.17, 15) is 0 Å². The molecule has 0 radical (unpaired) electrons. The molecule has 1 saturated carbocycles. The summed E-state index contributed by atoms with van der Waals surface area (Å²) in [5.74, 6) is 0. The molecule has 0 amide bonds. The fourth-order valence-electron chi connectivity index (χ4n) is 1.48. The van der Waals surface area contributed by atoms with Gasteiger partial charge in [0.05, 0.1) is 0 Å². The highest BCUT2D eigenvalue weighted by atomic mass is 35.5. The van der Waals surface area contributed by atoms with Crippen LogP contribution in [0.15, 0.2) is 0 Å². The van der Waals surface area contributed by atoms with Gasteiger partial charge in [0.2, 0.25) is 0 Å². The van der Waals surface area contributed by atoms with Crippen LogP contribution in [0.5, 0.6) is 0 Å². The SMILES string of the molecule is C1CNCC2(CC2)CN1.Cl. The molecule has 0 aromatic rings. The van der Waals surface area contributed by atoms with Gasteiger partial charge in [-0.05, 0) is 18.3 Å². The van der Waals surface area contributed by atoms with Gasteiger partial charge in [-0.25, -0.2) is 0 Å². The number of hydrogen-bond donors (Lipinski definition) is 2. The van der Waals surface area contributed by atoms with Gasteiger partial charge in [0.15, 0.2) is 0 Å². The van der Waals surface area contributed by atoms with E-state index < -0.39 is 0 Å². The van der Waals surface area contributed by atoms with Gasteiger partial charge in [-0.15, -0.1) is 12.4 Å². The van der Waals surface area contributed by atoms with Crippen LogP contribution in [-0.4, -0.2) is 26.2 Å². The Bertz CT molecular complexity index is 102. The molecule has 3 heteroatoms. The lowest BCUT2D eigenvalue weighted by Gasteiger charge is -2.09. The summed E-state index contributed by atoms with van der Waals surface area (Å²) in [5, 5.41) is 6.88. The number of rotatable bonds is 0. The summed E-state index contributed by atoms with van der Waals surface area (Å²) in [7, 11) is 0. The Morgan fingerprint density at radius 3 is 1.80 bits per heavy atom. The van der Waals surface area contributed by atoms with Crippen molar-refractivity contribution in [3.8, 4) is 0 Å². The van der Waals surface area contributed by atoms with E-state index in [4.69, 9.17) is 0 Å². The van der Waals surface area contributed by atoms with Gasteiger partial charge in [-0.2, -0.15) is 0 Å². The normalized spacial score (nSPS) is 28.8. The van der Waals surface area contributed by atoms with E-state index in [1.807, 2.05) is 0 Å². The maximum atomic E-state index is 3.44. The summed E-state index contributed by atoms with van der Waals surface area (Å²) < 4.78 is 0. The molecule has 2 fully saturated rings. The summed E-state index contributed by atoms with van der Waals surface area (Å²) >= 11 is 0. The van der Waals surface area contributed by atoms with Crippen molar-refractivity contribution >= 4 is 12.4 Å². The molecule has 60 valence electrons. The standard InChI is InChI=1S/C7H14N2.ClH/c1-2-7(1)5-8-3-4-9-6-7;/h8-9H,1-6H2;1H. The Balaban J connectivity index is 0.000000500. The van der Waals surface area contributed by atoms with Crippen molar-refractivity contribution in [3.05, 3.63) is 0 Å². The zero-order chi connectivity index (χ0) is 6.16. The number of halogens is 1. The molecule has 2 rings (SSSR count). The lowest BCUT2D eigenvalue weighted by Crippen LogP contribution is -2.24. The first-order chi connectivity index (χ1) is 4.41. The summed E-state index contributed by atoms with van der Waals surface area (Å²) in [6.45, 7) is 4.81. The molecule has 2 N–H and O–H groups in total. The van der Waals surface area contributed by atoms with Crippen molar-refractivity contribution in [3.63, 3.8) is 0 Å². The average Bonchev–Trinajstić information content (AvgIpc) is 2.64. The molecule has 1 spiro atoms. The highest BCUT2D eigenvalue weighted by molar-refractivity contribution is 5.85. The lowest BCUT2D eigenvalue weighted by molar-refractivity contribution is 0.482. The molecule has 0 unspecified atom stereocenters. The van der Waals surface area contributed by atoms with Gasteiger partial charge in [0.25, 0.3) is 0 Å². The second kappa shape index (κ2) is 3.07. The number of nitrogens with one attached hydrogen (secondary N) is 2. The molecular formula is C7H15ClN2. The van der Waals surface area contributed by atoms with Gasteiger partial charge >= 0.3 is 0 Å². The van der Waals surface area contributed by atoms with Crippen molar-refractivity contribution in [1.82, 2.24) is 10.6 Å². The second-order valence-electron chi connectivity index (χ2n) is 3.35. The van der Waals surface area contributed by atoms with Gasteiger partial charge in [0.1, 0.15) is 0 Å². The fraction of sp³-hybridized carbons (Fsp3) is 1.00. The molecule has 2 aliphatic rings. The molecule has 0 aromatic carbocycles. The van der Waals surface area contributed by atoms with Crippen LogP contribution in [0.1, 0.15) is 12.8 Å². The summed E-state index contributed by atoms with van der Waals surface area (Å²) in [5.41, 5.74) is 0.691. The Labute approximate surface area is 68.2 Å². The van der Waals surface area contributed by atoms with Crippen molar-refractivity contribution in [2.75, 3.05) is 26.2 Å². The minimum Gasteiger partial charge on any atom is -0.315 e. The summed E-state index contributed by atoms with van der Waals surface area (Å²) in [6, 6.07) is 0. The molecule has 1 aliphatic heterocycles. The van der Waals surface area contributed by atoms with Gasteiger partial charge in [0, 0.05) is 26.2 Å². The summed E-state index contributed by atoms with van der Waals surface area (Å²) in [6.07, 6.45) is 2.88. The highest BCUT2D eigenvalue weighted by Crippen LogP contribution is 2.44. The molecule has 0 aromatic heterocycles. The van der Waals surface area contributed by atoms with Crippen LogP contribution < -0.4 is 10.6 Å². The molecule has 10 heavy (non-hydrogen) atoms. The van der Waals surface area contributed by atoms with Crippen molar-refractivity contribution in [1.29, 1.82) is 0 Å². The van der Waals surface area contributed by atoms with Crippen LogP contribution in [0.4, 0.5) is 0 Å². The predicted molar refractivity (Wildman–Crippen MR) is 44.7 cm³/mol. The van der Waals surface area contributed by atoms with Crippen LogP contribution in [0.3, 0.4) is 0 Å². The Morgan fingerprint density at radius 2 is 1.40 bits per heavy atom. The quantitative estimate of drug-likeness (QED) is 0.539. The summed E-state index contributed by atoms with van der Waals surface area (Å²) in [4.78, 5) is 0. The smallest absolute Gasteiger partial charge is 0.00769 e. The largest absolute Gasteiger partial charge is 0.315 e. The molecule has 1 saturated heterocycles. The fourth-order valence-corrected chi connectivity index (χ4v) is 1.48.